The summed E-state index contributed by atoms with van der Waals surface area (Å²) in [6.07, 6.45) is -0.375. The molecule has 2 N–H and O–H groups in total. The second kappa shape index (κ2) is 4.58. The van der Waals surface area contributed by atoms with Gasteiger partial charge in [-0.1, -0.05) is 23.8 Å². The summed E-state index contributed by atoms with van der Waals surface area (Å²) < 4.78 is 0. The molecule has 0 aliphatic heterocycles. The zero-order chi connectivity index (χ0) is 10.7. The number of aryl methyl sites for hydroxylation is 2. The normalized spacial score (nSPS) is 15.2. The van der Waals surface area contributed by atoms with Crippen LogP contribution in [0.1, 0.15) is 29.7 Å². The van der Waals surface area contributed by atoms with E-state index in [-0.39, 0.29) is 12.1 Å². The Labute approximate surface area is 86.0 Å². The largest absolute Gasteiger partial charge is 0.391 e. The maximum atomic E-state index is 9.62. The van der Waals surface area contributed by atoms with Gasteiger partial charge in [0.1, 0.15) is 0 Å². The lowest BCUT2D eigenvalue weighted by molar-refractivity contribution is 0.149. The van der Waals surface area contributed by atoms with E-state index in [9.17, 15) is 5.11 Å². The van der Waals surface area contributed by atoms with Crippen LogP contribution < -0.4 is 5.32 Å². The van der Waals surface area contributed by atoms with E-state index in [1.165, 1.54) is 16.7 Å². The summed E-state index contributed by atoms with van der Waals surface area (Å²) in [6, 6.07) is 6.34. The summed E-state index contributed by atoms with van der Waals surface area (Å²) in [6.45, 7) is 5.95. The Balaban J connectivity index is 3.08. The van der Waals surface area contributed by atoms with Gasteiger partial charge in [-0.3, -0.25) is 0 Å². The molecule has 0 amide bonds. The summed E-state index contributed by atoms with van der Waals surface area (Å²) in [5.41, 5.74) is 3.63. The van der Waals surface area contributed by atoms with E-state index in [1.807, 2.05) is 14.0 Å². The molecule has 0 spiro atoms. The fraction of sp³-hybridized carbons (Fsp3) is 0.500. The van der Waals surface area contributed by atoms with Gasteiger partial charge in [-0.2, -0.15) is 0 Å². The minimum absolute atomic E-state index is 0.0231. The van der Waals surface area contributed by atoms with Crippen molar-refractivity contribution >= 4 is 0 Å². The van der Waals surface area contributed by atoms with Crippen molar-refractivity contribution in [3.63, 3.8) is 0 Å². The lowest BCUT2D eigenvalue weighted by Gasteiger charge is -2.22. The third-order valence-corrected chi connectivity index (χ3v) is 2.56. The lowest BCUT2D eigenvalue weighted by atomic mass is 9.96. The molecule has 2 nitrogen and oxygen atoms in total. The molecule has 0 bridgehead atoms. The zero-order valence-electron chi connectivity index (χ0n) is 9.33. The second-order valence-corrected chi connectivity index (χ2v) is 3.87. The molecular weight excluding hydrogens is 174 g/mol. The molecular formula is C12H19NO. The van der Waals surface area contributed by atoms with E-state index in [0.717, 1.165) is 0 Å². The first-order valence-electron chi connectivity index (χ1n) is 4.98. The van der Waals surface area contributed by atoms with E-state index in [4.69, 9.17) is 0 Å². The van der Waals surface area contributed by atoms with Gasteiger partial charge < -0.3 is 10.4 Å². The molecule has 2 unspecified atom stereocenters. The Morgan fingerprint density at radius 3 is 2.43 bits per heavy atom. The monoisotopic (exact) mass is 193 g/mol. The van der Waals surface area contributed by atoms with Crippen LogP contribution in [-0.4, -0.2) is 18.3 Å². The van der Waals surface area contributed by atoms with Crippen molar-refractivity contribution in [1.82, 2.24) is 5.32 Å². The van der Waals surface area contributed by atoms with Gasteiger partial charge in [-0.05, 0) is 38.9 Å². The molecule has 0 saturated heterocycles. The molecule has 78 valence electrons. The van der Waals surface area contributed by atoms with Crippen LogP contribution in [0.25, 0.3) is 0 Å². The van der Waals surface area contributed by atoms with Crippen molar-refractivity contribution in [3.05, 3.63) is 34.9 Å². The van der Waals surface area contributed by atoms with Crippen LogP contribution in [0.2, 0.25) is 0 Å². The number of nitrogens with one attached hydrogen (secondary N) is 1. The van der Waals surface area contributed by atoms with E-state index < -0.39 is 0 Å². The zero-order valence-corrected chi connectivity index (χ0v) is 9.33. The summed E-state index contributed by atoms with van der Waals surface area (Å²) >= 11 is 0. The highest BCUT2D eigenvalue weighted by molar-refractivity contribution is 5.33. The van der Waals surface area contributed by atoms with Gasteiger partial charge in [0.15, 0.2) is 0 Å². The van der Waals surface area contributed by atoms with Crippen molar-refractivity contribution < 1.29 is 5.11 Å². The molecule has 0 heterocycles. The molecule has 1 aromatic carbocycles. The highest BCUT2D eigenvalue weighted by Gasteiger charge is 2.16. The van der Waals surface area contributed by atoms with E-state index in [2.05, 4.69) is 37.4 Å². The third-order valence-electron chi connectivity index (χ3n) is 2.56. The summed E-state index contributed by atoms with van der Waals surface area (Å²) in [5.74, 6) is 0. The fourth-order valence-electron chi connectivity index (χ4n) is 1.75. The maximum absolute atomic E-state index is 9.62. The Morgan fingerprint density at radius 2 is 1.93 bits per heavy atom. The van der Waals surface area contributed by atoms with Crippen LogP contribution in [0.3, 0.4) is 0 Å². The average molecular weight is 193 g/mol. The van der Waals surface area contributed by atoms with Crippen molar-refractivity contribution in [3.8, 4) is 0 Å². The number of aliphatic hydroxyl groups is 1. The van der Waals surface area contributed by atoms with Gasteiger partial charge in [0.05, 0.1) is 12.1 Å². The standard InChI is InChI=1S/C12H19NO/c1-8-5-6-9(2)11(7-8)12(13-4)10(3)14/h5-7,10,12-14H,1-4H3. The SMILES string of the molecule is CNC(c1cc(C)ccc1C)C(C)O. The molecule has 1 rings (SSSR count). The highest BCUT2D eigenvalue weighted by Crippen LogP contribution is 2.21. The first-order chi connectivity index (χ1) is 6.56. The van der Waals surface area contributed by atoms with Gasteiger partial charge in [0.25, 0.3) is 0 Å². The highest BCUT2D eigenvalue weighted by atomic mass is 16.3. The quantitative estimate of drug-likeness (QED) is 0.769. The van der Waals surface area contributed by atoms with Crippen LogP contribution >= 0.6 is 0 Å². The topological polar surface area (TPSA) is 32.3 Å². The Morgan fingerprint density at radius 1 is 1.29 bits per heavy atom. The fourth-order valence-corrected chi connectivity index (χ4v) is 1.75. The predicted octanol–water partition coefficient (Wildman–Crippen LogP) is 1.94. The van der Waals surface area contributed by atoms with E-state index in [1.54, 1.807) is 0 Å². The second-order valence-electron chi connectivity index (χ2n) is 3.87. The predicted molar refractivity (Wildman–Crippen MR) is 59.4 cm³/mol. The maximum Gasteiger partial charge on any atom is 0.0706 e. The Bertz CT molecular complexity index is 307. The van der Waals surface area contributed by atoms with Crippen molar-refractivity contribution in [2.24, 2.45) is 0 Å². The number of benzene rings is 1. The lowest BCUT2D eigenvalue weighted by Crippen LogP contribution is -2.27. The first-order valence-corrected chi connectivity index (χ1v) is 4.98. The van der Waals surface area contributed by atoms with Crippen molar-refractivity contribution in [2.75, 3.05) is 7.05 Å². The molecule has 0 aliphatic rings. The minimum atomic E-state index is -0.375. The van der Waals surface area contributed by atoms with E-state index in [0.29, 0.717) is 0 Å². The van der Waals surface area contributed by atoms with E-state index >= 15 is 0 Å². The van der Waals surface area contributed by atoms with Crippen molar-refractivity contribution in [2.45, 2.75) is 32.9 Å². The van der Waals surface area contributed by atoms with Crippen LogP contribution in [0, 0.1) is 13.8 Å². The van der Waals surface area contributed by atoms with Gasteiger partial charge in [0, 0.05) is 0 Å². The average Bonchev–Trinajstić information content (AvgIpc) is 2.11. The number of hydrogen-bond acceptors (Lipinski definition) is 2. The third kappa shape index (κ3) is 2.34. The number of hydrogen-bond donors (Lipinski definition) is 2. The number of likely N-dealkylation sites (N-methyl/N-ethyl adjacent to an activating group) is 1. The molecule has 2 heteroatoms. The van der Waals surface area contributed by atoms with Crippen LogP contribution in [0.4, 0.5) is 0 Å². The van der Waals surface area contributed by atoms with Crippen molar-refractivity contribution in [1.29, 1.82) is 0 Å². The first kappa shape index (κ1) is 11.2. The minimum Gasteiger partial charge on any atom is -0.391 e. The smallest absolute Gasteiger partial charge is 0.0706 e. The van der Waals surface area contributed by atoms with Crippen LogP contribution in [-0.2, 0) is 0 Å². The summed E-state index contributed by atoms with van der Waals surface area (Å²) in [4.78, 5) is 0. The molecule has 2 atom stereocenters. The molecule has 0 saturated carbocycles. The Hall–Kier alpha value is -0.860. The van der Waals surface area contributed by atoms with Gasteiger partial charge in [-0.25, -0.2) is 0 Å². The van der Waals surface area contributed by atoms with Gasteiger partial charge >= 0.3 is 0 Å². The van der Waals surface area contributed by atoms with Crippen LogP contribution in [0.15, 0.2) is 18.2 Å². The molecule has 0 aliphatic carbocycles. The van der Waals surface area contributed by atoms with Crippen LogP contribution in [0.5, 0.6) is 0 Å². The molecule has 1 aromatic rings. The Kier molecular flexibility index (Phi) is 3.67. The van der Waals surface area contributed by atoms with Gasteiger partial charge in [0.2, 0.25) is 0 Å². The molecule has 0 fully saturated rings. The number of rotatable bonds is 3. The molecule has 0 radical (unpaired) electrons. The molecule has 0 aromatic heterocycles. The molecule has 14 heavy (non-hydrogen) atoms. The van der Waals surface area contributed by atoms with Gasteiger partial charge in [-0.15, -0.1) is 0 Å². The summed E-state index contributed by atoms with van der Waals surface area (Å²) in [7, 11) is 1.87. The number of aliphatic hydroxyl groups excluding tert-OH is 1. The summed E-state index contributed by atoms with van der Waals surface area (Å²) in [5, 5.41) is 12.8.